The maximum atomic E-state index is 13.5. The molecule has 1 aromatic carbocycles. The summed E-state index contributed by atoms with van der Waals surface area (Å²) in [5, 5.41) is 2.68. The Morgan fingerprint density at radius 2 is 2.32 bits per heavy atom. The van der Waals surface area contributed by atoms with E-state index in [1.54, 1.807) is 22.7 Å². The Kier molecular flexibility index (Phi) is 6.08. The number of anilines is 1. The molecule has 0 aliphatic carbocycles. The molecule has 2 amide bonds. The van der Waals surface area contributed by atoms with Crippen LogP contribution in [0.2, 0.25) is 5.02 Å². The van der Waals surface area contributed by atoms with Crippen molar-refractivity contribution >= 4 is 40.9 Å². The summed E-state index contributed by atoms with van der Waals surface area (Å²) in [7, 11) is 0. The second-order valence-electron chi connectivity index (χ2n) is 5.07. The quantitative estimate of drug-likeness (QED) is 0.807. The number of halogens is 2. The van der Waals surface area contributed by atoms with Gasteiger partial charge in [-0.05, 0) is 36.8 Å². The molecule has 0 spiro atoms. The number of amides is 2. The number of benzene rings is 1. The summed E-state index contributed by atoms with van der Waals surface area (Å²) in [5.41, 5.74) is 0.549. The van der Waals surface area contributed by atoms with Gasteiger partial charge in [-0.2, -0.15) is 0 Å². The van der Waals surface area contributed by atoms with E-state index >= 15 is 0 Å². The summed E-state index contributed by atoms with van der Waals surface area (Å²) in [5.74, 6) is 0.252. The molecule has 1 aromatic rings. The molecule has 4 nitrogen and oxygen atoms in total. The van der Waals surface area contributed by atoms with Gasteiger partial charge in [0.15, 0.2) is 0 Å². The van der Waals surface area contributed by atoms with Gasteiger partial charge in [-0.3, -0.25) is 9.59 Å². The van der Waals surface area contributed by atoms with Crippen molar-refractivity contribution in [2.75, 3.05) is 23.7 Å². The normalized spacial score (nSPS) is 17.9. The number of hydrogen-bond acceptors (Lipinski definition) is 3. The molecule has 1 atom stereocenters. The third-order valence-electron chi connectivity index (χ3n) is 3.39. The van der Waals surface area contributed by atoms with Crippen LogP contribution in [0.25, 0.3) is 0 Å². The van der Waals surface area contributed by atoms with E-state index in [-0.39, 0.29) is 22.1 Å². The molecule has 1 saturated heterocycles. The minimum Gasteiger partial charge on any atom is -0.356 e. The summed E-state index contributed by atoms with van der Waals surface area (Å²) < 4.78 is 13.5. The number of hydrogen-bond donors (Lipinski definition) is 1. The van der Waals surface area contributed by atoms with E-state index in [4.69, 9.17) is 11.6 Å². The lowest BCUT2D eigenvalue weighted by atomic mass is 10.3. The second kappa shape index (κ2) is 7.83. The average Bonchev–Trinajstić information content (AvgIpc) is 2.83. The van der Waals surface area contributed by atoms with Crippen molar-refractivity contribution in [3.05, 3.63) is 29.0 Å². The van der Waals surface area contributed by atoms with Crippen LogP contribution in [0.4, 0.5) is 10.1 Å². The van der Waals surface area contributed by atoms with E-state index < -0.39 is 5.82 Å². The van der Waals surface area contributed by atoms with Gasteiger partial charge in [0.05, 0.1) is 10.3 Å². The number of nitrogens with zero attached hydrogens (tertiary/aromatic N) is 1. The van der Waals surface area contributed by atoms with Crippen LogP contribution >= 0.6 is 23.4 Å². The molecule has 2 rings (SSSR count). The van der Waals surface area contributed by atoms with Crippen LogP contribution in [0, 0.1) is 5.82 Å². The molecule has 1 aliphatic heterocycles. The first-order chi connectivity index (χ1) is 10.5. The van der Waals surface area contributed by atoms with E-state index in [0.717, 1.165) is 18.6 Å². The van der Waals surface area contributed by atoms with Gasteiger partial charge in [0.25, 0.3) is 0 Å². The first kappa shape index (κ1) is 17.1. The van der Waals surface area contributed by atoms with Gasteiger partial charge >= 0.3 is 0 Å². The monoisotopic (exact) mass is 344 g/mol. The molecule has 0 radical (unpaired) electrons. The van der Waals surface area contributed by atoms with Crippen molar-refractivity contribution < 1.29 is 14.0 Å². The summed E-state index contributed by atoms with van der Waals surface area (Å²) in [4.78, 5) is 24.7. The standard InChI is InChI=1S/C15H18ClFN2O2S/c1-10(20)18-6-2-8-22-14-5-7-19(15(14)21)11-3-4-12(16)13(17)9-11/h3-4,9,14H,2,5-8H2,1H3,(H,18,20). The molecule has 1 unspecified atom stereocenters. The van der Waals surface area contributed by atoms with Crippen molar-refractivity contribution in [3.8, 4) is 0 Å². The zero-order chi connectivity index (χ0) is 16.1. The molecule has 0 saturated carbocycles. The predicted molar refractivity (Wildman–Crippen MR) is 87.9 cm³/mol. The molecule has 1 aliphatic rings. The van der Waals surface area contributed by atoms with Crippen LogP contribution in [0.5, 0.6) is 0 Å². The lowest BCUT2D eigenvalue weighted by Crippen LogP contribution is -2.28. The van der Waals surface area contributed by atoms with Crippen molar-refractivity contribution in [1.29, 1.82) is 0 Å². The molecule has 1 heterocycles. The maximum absolute atomic E-state index is 13.5. The largest absolute Gasteiger partial charge is 0.356 e. The molecule has 0 aromatic heterocycles. The zero-order valence-corrected chi connectivity index (χ0v) is 13.8. The van der Waals surface area contributed by atoms with Gasteiger partial charge in [-0.1, -0.05) is 11.6 Å². The smallest absolute Gasteiger partial charge is 0.240 e. The van der Waals surface area contributed by atoms with Gasteiger partial charge < -0.3 is 10.2 Å². The van der Waals surface area contributed by atoms with Crippen molar-refractivity contribution in [2.45, 2.75) is 25.0 Å². The number of nitrogens with one attached hydrogen (secondary N) is 1. The predicted octanol–water partition coefficient (Wildman–Crippen LogP) is 2.84. The summed E-state index contributed by atoms with van der Waals surface area (Å²) >= 11 is 7.25. The fourth-order valence-electron chi connectivity index (χ4n) is 2.28. The van der Waals surface area contributed by atoms with Crippen molar-refractivity contribution in [1.82, 2.24) is 5.32 Å². The first-order valence-electron chi connectivity index (χ1n) is 7.11. The molecule has 1 fully saturated rings. The lowest BCUT2D eigenvalue weighted by Gasteiger charge is -2.17. The van der Waals surface area contributed by atoms with Gasteiger partial charge in [0, 0.05) is 25.7 Å². The van der Waals surface area contributed by atoms with Gasteiger partial charge in [-0.15, -0.1) is 11.8 Å². The molecular formula is C15H18ClFN2O2S. The third-order valence-corrected chi connectivity index (χ3v) is 5.06. The Balaban J connectivity index is 1.84. The Bertz CT molecular complexity index is 570. The highest BCUT2D eigenvalue weighted by atomic mass is 35.5. The first-order valence-corrected chi connectivity index (χ1v) is 8.54. The third kappa shape index (κ3) is 4.36. The highest BCUT2D eigenvalue weighted by Gasteiger charge is 2.32. The fourth-order valence-corrected chi connectivity index (χ4v) is 3.53. The SMILES string of the molecule is CC(=O)NCCCSC1CCN(c2ccc(Cl)c(F)c2)C1=O. The van der Waals surface area contributed by atoms with Gasteiger partial charge in [-0.25, -0.2) is 4.39 Å². The van der Waals surface area contributed by atoms with Crippen molar-refractivity contribution in [2.24, 2.45) is 0 Å². The van der Waals surface area contributed by atoms with Gasteiger partial charge in [0.1, 0.15) is 5.82 Å². The Morgan fingerprint density at radius 1 is 1.55 bits per heavy atom. The zero-order valence-electron chi connectivity index (χ0n) is 12.3. The highest BCUT2D eigenvalue weighted by Crippen LogP contribution is 2.30. The van der Waals surface area contributed by atoms with Crippen LogP contribution in [0.15, 0.2) is 18.2 Å². The Morgan fingerprint density at radius 3 is 3.00 bits per heavy atom. The molecule has 0 bridgehead atoms. The number of carbonyl (C=O) groups excluding carboxylic acids is 2. The van der Waals surface area contributed by atoms with E-state index in [2.05, 4.69) is 5.32 Å². The summed E-state index contributed by atoms with van der Waals surface area (Å²) in [6.07, 6.45) is 1.57. The molecule has 7 heteroatoms. The van der Waals surface area contributed by atoms with Crippen LogP contribution < -0.4 is 10.2 Å². The van der Waals surface area contributed by atoms with Crippen LogP contribution in [0.3, 0.4) is 0 Å². The number of rotatable bonds is 6. The Hall–Kier alpha value is -1.27. The van der Waals surface area contributed by atoms with E-state index in [1.807, 2.05) is 0 Å². The minimum atomic E-state index is -0.515. The fraction of sp³-hybridized carbons (Fsp3) is 0.467. The van der Waals surface area contributed by atoms with E-state index in [9.17, 15) is 14.0 Å². The average molecular weight is 345 g/mol. The Labute approximate surface area is 138 Å². The molecule has 1 N–H and O–H groups in total. The minimum absolute atomic E-state index is 0.00579. The maximum Gasteiger partial charge on any atom is 0.240 e. The van der Waals surface area contributed by atoms with Crippen molar-refractivity contribution in [3.63, 3.8) is 0 Å². The van der Waals surface area contributed by atoms with Crippen LogP contribution in [0.1, 0.15) is 19.8 Å². The summed E-state index contributed by atoms with van der Waals surface area (Å²) in [6.45, 7) is 2.69. The van der Waals surface area contributed by atoms with Crippen LogP contribution in [-0.4, -0.2) is 35.9 Å². The molecule has 120 valence electrons. The van der Waals surface area contributed by atoms with Crippen LogP contribution in [-0.2, 0) is 9.59 Å². The molecule has 22 heavy (non-hydrogen) atoms. The summed E-state index contributed by atoms with van der Waals surface area (Å²) in [6, 6.07) is 4.42. The van der Waals surface area contributed by atoms with E-state index in [0.29, 0.717) is 18.8 Å². The number of thioether (sulfide) groups is 1. The molecular weight excluding hydrogens is 327 g/mol. The van der Waals surface area contributed by atoms with E-state index in [1.165, 1.54) is 19.1 Å². The number of carbonyl (C=O) groups is 2. The lowest BCUT2D eigenvalue weighted by molar-refractivity contribution is -0.119. The highest BCUT2D eigenvalue weighted by molar-refractivity contribution is 8.00. The van der Waals surface area contributed by atoms with Gasteiger partial charge in [0.2, 0.25) is 11.8 Å². The topological polar surface area (TPSA) is 49.4 Å². The second-order valence-corrected chi connectivity index (χ2v) is 6.79.